The Kier molecular flexibility index (Phi) is 4.52. The maximum Gasteiger partial charge on any atom is 0.226 e. The number of carbonyl (C=O) groups is 1. The standard InChI is InChI=1S/C12H14ClFN2O2/c13-8-3-9(14)5-10(4-8)16-12(17)6-11-7-18-2-1-15-11/h3-5,11,15H,1-2,6-7H2,(H,16,17). The summed E-state index contributed by atoms with van der Waals surface area (Å²) in [5.41, 5.74) is 0.363. The van der Waals surface area contributed by atoms with Crippen LogP contribution in [0.4, 0.5) is 10.1 Å². The summed E-state index contributed by atoms with van der Waals surface area (Å²) >= 11 is 5.70. The minimum Gasteiger partial charge on any atom is -0.378 e. The molecule has 0 spiro atoms. The molecular weight excluding hydrogens is 259 g/mol. The molecule has 0 radical (unpaired) electrons. The highest BCUT2D eigenvalue weighted by Crippen LogP contribution is 2.18. The van der Waals surface area contributed by atoms with E-state index in [4.69, 9.17) is 16.3 Å². The fraction of sp³-hybridized carbons (Fsp3) is 0.417. The number of benzene rings is 1. The summed E-state index contributed by atoms with van der Waals surface area (Å²) in [6.07, 6.45) is 0.286. The first kappa shape index (κ1) is 13.3. The molecule has 1 fully saturated rings. The van der Waals surface area contributed by atoms with Crippen molar-refractivity contribution in [3.63, 3.8) is 0 Å². The number of morpholine rings is 1. The van der Waals surface area contributed by atoms with E-state index in [0.717, 1.165) is 6.54 Å². The summed E-state index contributed by atoms with van der Waals surface area (Å²) in [5.74, 6) is -0.670. The third-order valence-corrected chi connectivity index (χ3v) is 2.79. The number of nitrogens with one attached hydrogen (secondary N) is 2. The summed E-state index contributed by atoms with van der Waals surface area (Å²) < 4.78 is 18.3. The second-order valence-electron chi connectivity index (χ2n) is 4.14. The molecule has 1 aliphatic heterocycles. The number of carbonyl (C=O) groups excluding carboxylic acids is 1. The number of hydrogen-bond donors (Lipinski definition) is 2. The van der Waals surface area contributed by atoms with Gasteiger partial charge in [0.25, 0.3) is 0 Å². The van der Waals surface area contributed by atoms with E-state index in [0.29, 0.717) is 18.9 Å². The van der Waals surface area contributed by atoms with Crippen LogP contribution in [0.5, 0.6) is 0 Å². The molecule has 18 heavy (non-hydrogen) atoms. The van der Waals surface area contributed by atoms with Crippen LogP contribution in [-0.2, 0) is 9.53 Å². The van der Waals surface area contributed by atoms with Crippen LogP contribution >= 0.6 is 11.6 Å². The Morgan fingerprint density at radius 2 is 2.39 bits per heavy atom. The van der Waals surface area contributed by atoms with Gasteiger partial charge in [-0.3, -0.25) is 4.79 Å². The Bertz CT molecular complexity index is 416. The van der Waals surface area contributed by atoms with Crippen LogP contribution in [0.2, 0.25) is 5.02 Å². The molecule has 1 atom stereocenters. The highest BCUT2D eigenvalue weighted by atomic mass is 35.5. The van der Waals surface area contributed by atoms with Gasteiger partial charge >= 0.3 is 0 Å². The molecule has 6 heteroatoms. The van der Waals surface area contributed by atoms with Gasteiger partial charge in [-0.05, 0) is 18.2 Å². The van der Waals surface area contributed by atoms with Crippen LogP contribution in [0.1, 0.15) is 6.42 Å². The van der Waals surface area contributed by atoms with Crippen molar-refractivity contribution in [3.8, 4) is 0 Å². The largest absolute Gasteiger partial charge is 0.378 e. The van der Waals surface area contributed by atoms with Gasteiger partial charge in [-0.15, -0.1) is 0 Å². The van der Waals surface area contributed by atoms with Crippen LogP contribution in [-0.4, -0.2) is 31.7 Å². The van der Waals surface area contributed by atoms with E-state index < -0.39 is 5.82 Å². The lowest BCUT2D eigenvalue weighted by molar-refractivity contribution is -0.117. The molecular formula is C12H14ClFN2O2. The summed E-state index contributed by atoms with van der Waals surface area (Å²) in [4.78, 5) is 11.7. The van der Waals surface area contributed by atoms with Gasteiger partial charge in [0.1, 0.15) is 5.82 Å². The Labute approximate surface area is 109 Å². The Hall–Kier alpha value is -1.17. The van der Waals surface area contributed by atoms with E-state index in [1.807, 2.05) is 0 Å². The average Bonchev–Trinajstić information content (AvgIpc) is 2.28. The molecule has 1 heterocycles. The molecule has 1 aliphatic rings. The summed E-state index contributed by atoms with van der Waals surface area (Å²) in [6.45, 7) is 1.92. The highest BCUT2D eigenvalue weighted by molar-refractivity contribution is 6.30. The van der Waals surface area contributed by atoms with E-state index in [1.165, 1.54) is 18.2 Å². The minimum absolute atomic E-state index is 0.00258. The number of amides is 1. The fourth-order valence-electron chi connectivity index (χ4n) is 1.81. The molecule has 0 aliphatic carbocycles. The second kappa shape index (κ2) is 6.13. The van der Waals surface area contributed by atoms with Gasteiger partial charge in [-0.2, -0.15) is 0 Å². The second-order valence-corrected chi connectivity index (χ2v) is 4.57. The van der Waals surface area contributed by atoms with E-state index in [2.05, 4.69) is 10.6 Å². The molecule has 1 aromatic rings. The first-order valence-corrected chi connectivity index (χ1v) is 6.08. The lowest BCUT2D eigenvalue weighted by Gasteiger charge is -2.23. The molecule has 2 N–H and O–H groups in total. The molecule has 0 saturated carbocycles. The van der Waals surface area contributed by atoms with Gasteiger partial charge in [0.2, 0.25) is 5.91 Å². The predicted octanol–water partition coefficient (Wildman–Crippen LogP) is 1.80. The van der Waals surface area contributed by atoms with Gasteiger partial charge in [-0.25, -0.2) is 4.39 Å². The quantitative estimate of drug-likeness (QED) is 0.882. The van der Waals surface area contributed by atoms with E-state index in [1.54, 1.807) is 0 Å². The number of hydrogen-bond acceptors (Lipinski definition) is 3. The monoisotopic (exact) mass is 272 g/mol. The van der Waals surface area contributed by atoms with Crippen molar-refractivity contribution in [3.05, 3.63) is 29.0 Å². The molecule has 1 aromatic carbocycles. The van der Waals surface area contributed by atoms with Gasteiger partial charge < -0.3 is 15.4 Å². The smallest absolute Gasteiger partial charge is 0.226 e. The van der Waals surface area contributed by atoms with Crippen LogP contribution in [0.25, 0.3) is 0 Å². The third kappa shape index (κ3) is 3.94. The lowest BCUT2D eigenvalue weighted by atomic mass is 10.2. The topological polar surface area (TPSA) is 50.4 Å². The zero-order chi connectivity index (χ0) is 13.0. The molecule has 4 nitrogen and oxygen atoms in total. The van der Waals surface area contributed by atoms with E-state index in [-0.39, 0.29) is 23.4 Å². The normalized spacial score (nSPS) is 19.6. The maximum absolute atomic E-state index is 13.1. The molecule has 0 aromatic heterocycles. The van der Waals surface area contributed by atoms with Crippen LogP contribution in [0, 0.1) is 5.82 Å². The Balaban J connectivity index is 1.89. The van der Waals surface area contributed by atoms with Crippen molar-refractivity contribution in [2.45, 2.75) is 12.5 Å². The molecule has 1 saturated heterocycles. The first-order chi connectivity index (χ1) is 8.63. The average molecular weight is 273 g/mol. The minimum atomic E-state index is -0.475. The van der Waals surface area contributed by atoms with Crippen molar-refractivity contribution in [2.75, 3.05) is 25.1 Å². The summed E-state index contributed by atoms with van der Waals surface area (Å²) in [6, 6.07) is 3.93. The van der Waals surface area contributed by atoms with Gasteiger partial charge in [0.15, 0.2) is 0 Å². The first-order valence-electron chi connectivity index (χ1n) is 5.70. The highest BCUT2D eigenvalue weighted by Gasteiger charge is 2.17. The van der Waals surface area contributed by atoms with Gasteiger partial charge in [0, 0.05) is 29.7 Å². The van der Waals surface area contributed by atoms with Crippen LogP contribution < -0.4 is 10.6 Å². The molecule has 1 amide bonds. The molecule has 2 rings (SSSR count). The van der Waals surface area contributed by atoms with Crippen molar-refractivity contribution >= 4 is 23.2 Å². The predicted molar refractivity (Wildman–Crippen MR) is 67.3 cm³/mol. The summed E-state index contributed by atoms with van der Waals surface area (Å²) in [7, 11) is 0. The maximum atomic E-state index is 13.1. The molecule has 1 unspecified atom stereocenters. The Morgan fingerprint density at radius 1 is 1.56 bits per heavy atom. The number of ether oxygens (including phenoxy) is 1. The number of rotatable bonds is 3. The molecule has 0 bridgehead atoms. The summed E-state index contributed by atoms with van der Waals surface area (Å²) in [5, 5.41) is 6.04. The van der Waals surface area contributed by atoms with Gasteiger partial charge in [-0.1, -0.05) is 11.6 Å². The lowest BCUT2D eigenvalue weighted by Crippen LogP contribution is -2.43. The van der Waals surface area contributed by atoms with Crippen molar-refractivity contribution in [2.24, 2.45) is 0 Å². The van der Waals surface area contributed by atoms with Crippen LogP contribution in [0.3, 0.4) is 0 Å². The molecule has 98 valence electrons. The van der Waals surface area contributed by atoms with Crippen molar-refractivity contribution in [1.29, 1.82) is 0 Å². The third-order valence-electron chi connectivity index (χ3n) is 2.58. The number of anilines is 1. The number of halogens is 2. The Morgan fingerprint density at radius 3 is 3.06 bits per heavy atom. The van der Waals surface area contributed by atoms with Crippen molar-refractivity contribution in [1.82, 2.24) is 5.32 Å². The van der Waals surface area contributed by atoms with E-state index >= 15 is 0 Å². The van der Waals surface area contributed by atoms with Crippen molar-refractivity contribution < 1.29 is 13.9 Å². The SMILES string of the molecule is O=C(CC1COCCN1)Nc1cc(F)cc(Cl)c1. The zero-order valence-corrected chi connectivity index (χ0v) is 10.5. The van der Waals surface area contributed by atoms with E-state index in [9.17, 15) is 9.18 Å². The fourth-order valence-corrected chi connectivity index (χ4v) is 2.03. The van der Waals surface area contributed by atoms with Crippen LogP contribution in [0.15, 0.2) is 18.2 Å². The van der Waals surface area contributed by atoms with Gasteiger partial charge in [0.05, 0.1) is 13.2 Å². The zero-order valence-electron chi connectivity index (χ0n) is 9.71.